The number of nitrogens with one attached hydrogen (secondary N) is 1. The van der Waals surface area contributed by atoms with E-state index in [4.69, 9.17) is 27.9 Å². The monoisotopic (exact) mass is 436 g/mol. The number of methoxy groups -OCH3 is 1. The molecule has 0 aliphatic rings. The second-order valence-corrected chi connectivity index (χ2v) is 7.58. The van der Waals surface area contributed by atoms with Crippen molar-refractivity contribution >= 4 is 35.0 Å². The molecule has 0 radical (unpaired) electrons. The van der Waals surface area contributed by atoms with Gasteiger partial charge in [0.15, 0.2) is 0 Å². The molecule has 2 amide bonds. The van der Waals surface area contributed by atoms with Crippen LogP contribution in [0.5, 0.6) is 5.75 Å². The van der Waals surface area contributed by atoms with Crippen molar-refractivity contribution in [3.05, 3.63) is 63.6 Å². The molecule has 0 aliphatic carbocycles. The number of ether oxygens (including phenoxy) is 1. The van der Waals surface area contributed by atoms with Gasteiger partial charge in [0.1, 0.15) is 11.8 Å². The van der Waals surface area contributed by atoms with E-state index in [0.717, 1.165) is 23.3 Å². The van der Waals surface area contributed by atoms with Crippen molar-refractivity contribution in [2.75, 3.05) is 13.7 Å². The molecule has 0 aromatic heterocycles. The van der Waals surface area contributed by atoms with Gasteiger partial charge in [-0.25, -0.2) is 0 Å². The van der Waals surface area contributed by atoms with E-state index in [-0.39, 0.29) is 24.8 Å². The molecule has 29 heavy (non-hydrogen) atoms. The van der Waals surface area contributed by atoms with Gasteiger partial charge in [-0.1, -0.05) is 48.3 Å². The minimum absolute atomic E-state index is 0.152. The highest BCUT2D eigenvalue weighted by molar-refractivity contribution is 6.42. The number of carbonyl (C=O) groups is 2. The predicted octanol–water partition coefficient (Wildman–Crippen LogP) is 4.49. The largest absolute Gasteiger partial charge is 0.497 e. The number of hydrogen-bond acceptors (Lipinski definition) is 3. The maximum Gasteiger partial charge on any atom is 0.242 e. The van der Waals surface area contributed by atoms with Crippen LogP contribution >= 0.6 is 23.2 Å². The number of nitrogens with zero attached hydrogens (tertiary/aromatic N) is 1. The molecule has 7 heteroatoms. The SMILES string of the molecule is CCCNC(=O)[C@H](C)N(Cc1ccc(Cl)c(Cl)c1)C(=O)Cc1ccc(OC)cc1. The molecule has 2 aromatic carbocycles. The van der Waals surface area contributed by atoms with E-state index in [9.17, 15) is 9.59 Å². The minimum Gasteiger partial charge on any atom is -0.497 e. The Morgan fingerprint density at radius 2 is 1.72 bits per heavy atom. The van der Waals surface area contributed by atoms with E-state index in [1.165, 1.54) is 0 Å². The highest BCUT2D eigenvalue weighted by atomic mass is 35.5. The smallest absolute Gasteiger partial charge is 0.242 e. The van der Waals surface area contributed by atoms with E-state index in [2.05, 4.69) is 5.32 Å². The molecule has 0 aliphatic heterocycles. The van der Waals surface area contributed by atoms with Gasteiger partial charge in [0.2, 0.25) is 11.8 Å². The number of halogens is 2. The lowest BCUT2D eigenvalue weighted by molar-refractivity contribution is -0.140. The molecule has 0 fully saturated rings. The highest BCUT2D eigenvalue weighted by Gasteiger charge is 2.26. The van der Waals surface area contributed by atoms with E-state index in [0.29, 0.717) is 16.6 Å². The summed E-state index contributed by atoms with van der Waals surface area (Å²) in [6.45, 7) is 4.53. The molecule has 0 heterocycles. The molecule has 2 rings (SSSR count). The van der Waals surface area contributed by atoms with Gasteiger partial charge in [0.25, 0.3) is 0 Å². The number of carbonyl (C=O) groups excluding carboxylic acids is 2. The average Bonchev–Trinajstić information content (AvgIpc) is 2.72. The molecule has 2 aromatic rings. The second kappa shape index (κ2) is 11.1. The third-order valence-corrected chi connectivity index (χ3v) is 5.31. The molecule has 0 spiro atoms. The molecular formula is C22H26Cl2N2O3. The summed E-state index contributed by atoms with van der Waals surface area (Å²) in [4.78, 5) is 27.2. The summed E-state index contributed by atoms with van der Waals surface area (Å²) in [7, 11) is 1.59. The molecule has 1 N–H and O–H groups in total. The van der Waals surface area contributed by atoms with E-state index in [1.807, 2.05) is 31.2 Å². The number of benzene rings is 2. The number of rotatable bonds is 9. The quantitative estimate of drug-likeness (QED) is 0.629. The van der Waals surface area contributed by atoms with Crippen LogP contribution in [-0.4, -0.2) is 36.4 Å². The summed E-state index contributed by atoms with van der Waals surface area (Å²) >= 11 is 12.1. The van der Waals surface area contributed by atoms with Crippen LogP contribution in [0.25, 0.3) is 0 Å². The standard InChI is InChI=1S/C22H26Cl2N2O3/c1-4-11-25-22(28)15(2)26(14-17-7-10-19(23)20(24)12-17)21(27)13-16-5-8-18(29-3)9-6-16/h5-10,12,15H,4,11,13-14H2,1-3H3,(H,25,28)/t15-/m0/s1. The lowest BCUT2D eigenvalue weighted by atomic mass is 10.1. The molecule has 0 bridgehead atoms. The van der Waals surface area contributed by atoms with Gasteiger partial charge in [-0.15, -0.1) is 0 Å². The van der Waals surface area contributed by atoms with Crippen molar-refractivity contribution in [1.82, 2.24) is 10.2 Å². The summed E-state index contributed by atoms with van der Waals surface area (Å²) in [5.41, 5.74) is 1.65. The van der Waals surface area contributed by atoms with Crippen molar-refractivity contribution in [1.29, 1.82) is 0 Å². The summed E-state index contributed by atoms with van der Waals surface area (Å²) in [6.07, 6.45) is 1.00. The Labute approximate surface area is 181 Å². The van der Waals surface area contributed by atoms with Gasteiger partial charge in [-0.2, -0.15) is 0 Å². The highest BCUT2D eigenvalue weighted by Crippen LogP contribution is 2.24. The van der Waals surface area contributed by atoms with Crippen LogP contribution in [0.1, 0.15) is 31.4 Å². The van der Waals surface area contributed by atoms with Crippen LogP contribution in [0, 0.1) is 0 Å². The van der Waals surface area contributed by atoms with Crippen LogP contribution in [0.4, 0.5) is 0 Å². The fourth-order valence-electron chi connectivity index (χ4n) is 2.83. The molecule has 5 nitrogen and oxygen atoms in total. The second-order valence-electron chi connectivity index (χ2n) is 6.76. The van der Waals surface area contributed by atoms with Crippen LogP contribution < -0.4 is 10.1 Å². The Kier molecular flexibility index (Phi) is 8.80. The lowest BCUT2D eigenvalue weighted by Crippen LogP contribution is -2.48. The normalized spacial score (nSPS) is 11.6. The van der Waals surface area contributed by atoms with E-state index >= 15 is 0 Å². The zero-order chi connectivity index (χ0) is 21.4. The molecule has 1 atom stereocenters. The summed E-state index contributed by atoms with van der Waals surface area (Å²) in [5.74, 6) is 0.386. The summed E-state index contributed by atoms with van der Waals surface area (Å²) < 4.78 is 5.16. The van der Waals surface area contributed by atoms with Crippen molar-refractivity contribution in [3.8, 4) is 5.75 Å². The van der Waals surface area contributed by atoms with E-state index < -0.39 is 6.04 Å². The van der Waals surface area contributed by atoms with Gasteiger partial charge in [-0.3, -0.25) is 9.59 Å². The van der Waals surface area contributed by atoms with Crippen molar-refractivity contribution in [2.24, 2.45) is 0 Å². The van der Waals surface area contributed by atoms with Crippen molar-refractivity contribution < 1.29 is 14.3 Å². The van der Waals surface area contributed by atoms with Crippen LogP contribution in [-0.2, 0) is 22.6 Å². The zero-order valence-electron chi connectivity index (χ0n) is 16.9. The van der Waals surface area contributed by atoms with Gasteiger partial charge in [0.05, 0.1) is 23.6 Å². The Hall–Kier alpha value is -2.24. The van der Waals surface area contributed by atoms with Crippen LogP contribution in [0.15, 0.2) is 42.5 Å². The first kappa shape index (κ1) is 23.0. The fraction of sp³-hybridized carbons (Fsp3) is 0.364. The first-order valence-corrected chi connectivity index (χ1v) is 10.2. The van der Waals surface area contributed by atoms with E-state index in [1.54, 1.807) is 37.1 Å². The van der Waals surface area contributed by atoms with Crippen LogP contribution in [0.2, 0.25) is 10.0 Å². The maximum absolute atomic E-state index is 13.1. The Bertz CT molecular complexity index is 840. The Morgan fingerprint density at radius 1 is 1.07 bits per heavy atom. The topological polar surface area (TPSA) is 58.6 Å². The first-order valence-electron chi connectivity index (χ1n) is 9.49. The zero-order valence-corrected chi connectivity index (χ0v) is 18.4. The Balaban J connectivity index is 2.22. The third-order valence-electron chi connectivity index (χ3n) is 4.57. The maximum atomic E-state index is 13.1. The summed E-state index contributed by atoms with van der Waals surface area (Å²) in [6, 6.07) is 11.9. The fourth-order valence-corrected chi connectivity index (χ4v) is 3.15. The minimum atomic E-state index is -0.623. The Morgan fingerprint density at radius 3 is 2.31 bits per heavy atom. The van der Waals surface area contributed by atoms with Gasteiger partial charge in [0, 0.05) is 13.1 Å². The molecule has 156 valence electrons. The average molecular weight is 437 g/mol. The molecule has 0 saturated carbocycles. The van der Waals surface area contributed by atoms with Crippen LogP contribution in [0.3, 0.4) is 0 Å². The van der Waals surface area contributed by atoms with Crippen molar-refractivity contribution in [3.63, 3.8) is 0 Å². The van der Waals surface area contributed by atoms with Crippen molar-refractivity contribution in [2.45, 2.75) is 39.3 Å². The first-order chi connectivity index (χ1) is 13.8. The lowest BCUT2D eigenvalue weighted by Gasteiger charge is -2.29. The summed E-state index contributed by atoms with van der Waals surface area (Å²) in [5, 5.41) is 3.71. The van der Waals surface area contributed by atoms with Gasteiger partial charge >= 0.3 is 0 Å². The third kappa shape index (κ3) is 6.65. The number of hydrogen-bond donors (Lipinski definition) is 1. The van der Waals surface area contributed by atoms with Gasteiger partial charge < -0.3 is 15.0 Å². The predicted molar refractivity (Wildman–Crippen MR) is 116 cm³/mol. The number of amides is 2. The molecular weight excluding hydrogens is 411 g/mol. The van der Waals surface area contributed by atoms with Gasteiger partial charge in [-0.05, 0) is 48.7 Å². The molecule has 0 saturated heterocycles. The molecule has 0 unspecified atom stereocenters.